The maximum atomic E-state index is 11.7. The third kappa shape index (κ3) is 26.1. The Kier molecular flexibility index (Phi) is 21.4. The number of aliphatic hydroxyl groups excluding tert-OH is 1. The highest BCUT2D eigenvalue weighted by atomic mass is 31.2. The molecule has 0 heterocycles. The zero-order valence-electron chi connectivity index (χ0n) is 22.3. The van der Waals surface area contributed by atoms with Crippen LogP contribution in [-0.4, -0.2) is 69.8 Å². The fourth-order valence-electron chi connectivity index (χ4n) is 3.10. The molecule has 1 N–H and O–H groups in total. The fraction of sp³-hybridized carbons (Fsp3) is 0.846. The first-order chi connectivity index (χ1) is 16.2. The smallest absolute Gasteiger partial charge is 0.268 e. The van der Waals surface area contributed by atoms with Crippen molar-refractivity contribution >= 4 is 7.82 Å². The molecule has 0 aromatic rings. The van der Waals surface area contributed by atoms with Gasteiger partial charge in [-0.05, 0) is 38.5 Å². The standard InChI is InChI=1S/C26H52NO6P/c1-5-6-7-8-9-10-11-12-13-14-15-16-17-18-19-20-22-31-24-26(28)25-33-34(29,30)32-23-21-27(2,3)4/h9-10,12-13,26,28H,5-8,11,14-25H2,1-4H3/b10-9-,13-12-. The van der Waals surface area contributed by atoms with Crippen molar-refractivity contribution in [1.29, 1.82) is 0 Å². The molecule has 202 valence electrons. The molecule has 0 saturated carbocycles. The van der Waals surface area contributed by atoms with Gasteiger partial charge in [0.25, 0.3) is 7.82 Å². The number of likely N-dealkylation sites (N-methyl/N-ethyl adjacent to an activating group) is 1. The summed E-state index contributed by atoms with van der Waals surface area (Å²) in [6.45, 7) is 3.08. The third-order valence-electron chi connectivity index (χ3n) is 5.24. The quantitative estimate of drug-likeness (QED) is 0.0820. The molecule has 7 nitrogen and oxygen atoms in total. The van der Waals surface area contributed by atoms with E-state index in [-0.39, 0.29) is 19.8 Å². The van der Waals surface area contributed by atoms with Crippen molar-refractivity contribution in [3.8, 4) is 0 Å². The molecule has 2 atom stereocenters. The number of aliphatic hydroxyl groups is 1. The van der Waals surface area contributed by atoms with Crippen LogP contribution in [0.4, 0.5) is 0 Å². The van der Waals surface area contributed by atoms with Gasteiger partial charge in [-0.15, -0.1) is 0 Å². The van der Waals surface area contributed by atoms with Crippen molar-refractivity contribution in [3.63, 3.8) is 0 Å². The van der Waals surface area contributed by atoms with Gasteiger partial charge in [0.1, 0.15) is 19.3 Å². The molecule has 0 aliphatic carbocycles. The van der Waals surface area contributed by atoms with Gasteiger partial charge in [0.05, 0.1) is 34.4 Å². The summed E-state index contributed by atoms with van der Waals surface area (Å²) in [6, 6.07) is 0. The van der Waals surface area contributed by atoms with E-state index >= 15 is 0 Å². The average Bonchev–Trinajstić information content (AvgIpc) is 2.76. The van der Waals surface area contributed by atoms with Gasteiger partial charge >= 0.3 is 0 Å². The fourth-order valence-corrected chi connectivity index (χ4v) is 3.84. The molecule has 34 heavy (non-hydrogen) atoms. The van der Waals surface area contributed by atoms with Crippen LogP contribution >= 0.6 is 7.82 Å². The second-order valence-corrected chi connectivity index (χ2v) is 11.3. The summed E-state index contributed by atoms with van der Waals surface area (Å²) in [5.74, 6) is 0. The van der Waals surface area contributed by atoms with Crippen molar-refractivity contribution in [1.82, 2.24) is 0 Å². The van der Waals surface area contributed by atoms with E-state index < -0.39 is 13.9 Å². The van der Waals surface area contributed by atoms with E-state index in [1.54, 1.807) is 0 Å². The molecule has 0 amide bonds. The Morgan fingerprint density at radius 1 is 0.824 bits per heavy atom. The van der Waals surface area contributed by atoms with Crippen LogP contribution in [0.1, 0.15) is 84.0 Å². The maximum absolute atomic E-state index is 11.7. The predicted octanol–water partition coefficient (Wildman–Crippen LogP) is 5.39. The van der Waals surface area contributed by atoms with E-state index in [0.29, 0.717) is 17.6 Å². The van der Waals surface area contributed by atoms with E-state index in [2.05, 4.69) is 31.2 Å². The first-order valence-corrected chi connectivity index (χ1v) is 14.6. The van der Waals surface area contributed by atoms with Crippen molar-refractivity contribution < 1.29 is 32.8 Å². The number of phosphoric acid groups is 1. The lowest BCUT2D eigenvalue weighted by Crippen LogP contribution is -2.37. The van der Waals surface area contributed by atoms with Gasteiger partial charge in [0.15, 0.2) is 0 Å². The molecule has 0 fully saturated rings. The molecular weight excluding hydrogens is 453 g/mol. The lowest BCUT2D eigenvalue weighted by molar-refractivity contribution is -0.870. The van der Waals surface area contributed by atoms with Crippen molar-refractivity contribution in [2.45, 2.75) is 90.1 Å². The highest BCUT2D eigenvalue weighted by molar-refractivity contribution is 7.45. The topological polar surface area (TPSA) is 88.0 Å². The summed E-state index contributed by atoms with van der Waals surface area (Å²) in [5, 5.41) is 9.82. The van der Waals surface area contributed by atoms with Crippen LogP contribution in [0, 0.1) is 0 Å². The number of nitrogens with zero attached hydrogens (tertiary/aromatic N) is 1. The van der Waals surface area contributed by atoms with E-state index in [4.69, 9.17) is 13.8 Å². The Bertz CT molecular complexity index is 562. The van der Waals surface area contributed by atoms with Crippen LogP contribution in [0.25, 0.3) is 0 Å². The highest BCUT2D eigenvalue weighted by Crippen LogP contribution is 2.38. The third-order valence-corrected chi connectivity index (χ3v) is 6.20. The first kappa shape index (κ1) is 33.5. The largest absolute Gasteiger partial charge is 0.756 e. The van der Waals surface area contributed by atoms with Crippen LogP contribution in [0.2, 0.25) is 0 Å². The normalized spacial score (nSPS) is 15.4. The first-order valence-electron chi connectivity index (χ1n) is 13.1. The monoisotopic (exact) mass is 505 g/mol. The average molecular weight is 506 g/mol. The van der Waals surface area contributed by atoms with E-state index in [0.717, 1.165) is 25.7 Å². The zero-order chi connectivity index (χ0) is 25.5. The molecule has 0 aromatic heterocycles. The molecule has 2 unspecified atom stereocenters. The second-order valence-electron chi connectivity index (χ2n) is 9.90. The van der Waals surface area contributed by atoms with Gasteiger partial charge < -0.3 is 28.3 Å². The Morgan fingerprint density at radius 3 is 2.03 bits per heavy atom. The lowest BCUT2D eigenvalue weighted by atomic mass is 10.1. The minimum absolute atomic E-state index is 0.0461. The summed E-state index contributed by atoms with van der Waals surface area (Å²) >= 11 is 0. The van der Waals surface area contributed by atoms with Crippen LogP contribution < -0.4 is 4.89 Å². The minimum atomic E-state index is -4.39. The number of ether oxygens (including phenoxy) is 1. The van der Waals surface area contributed by atoms with Gasteiger partial charge in [-0.3, -0.25) is 4.57 Å². The number of quaternary nitrogens is 1. The summed E-state index contributed by atoms with van der Waals surface area (Å²) in [7, 11) is 1.43. The van der Waals surface area contributed by atoms with Gasteiger partial charge in [0.2, 0.25) is 0 Å². The number of phosphoric ester groups is 1. The molecule has 0 radical (unpaired) electrons. The number of hydrogen-bond donors (Lipinski definition) is 1. The Labute approximate surface area is 209 Å². The summed E-state index contributed by atoms with van der Waals surface area (Å²) < 4.78 is 27.2. The van der Waals surface area contributed by atoms with Crippen molar-refractivity contribution in [3.05, 3.63) is 24.3 Å². The molecule has 0 aliphatic rings. The minimum Gasteiger partial charge on any atom is -0.756 e. The van der Waals surface area contributed by atoms with Crippen molar-refractivity contribution in [2.24, 2.45) is 0 Å². The second kappa shape index (κ2) is 21.7. The predicted molar refractivity (Wildman–Crippen MR) is 139 cm³/mol. The Morgan fingerprint density at radius 2 is 1.41 bits per heavy atom. The SMILES string of the molecule is CCCCC/C=C\C/C=C\CCCCCCCCOCC(O)COP(=O)([O-])OCC[N+](C)(C)C. The maximum Gasteiger partial charge on any atom is 0.268 e. The zero-order valence-corrected chi connectivity index (χ0v) is 23.2. The molecule has 0 rings (SSSR count). The molecule has 0 saturated heterocycles. The molecule has 0 aliphatic heterocycles. The van der Waals surface area contributed by atoms with E-state index in [1.807, 2.05) is 21.1 Å². The van der Waals surface area contributed by atoms with E-state index in [1.165, 1.54) is 51.4 Å². The van der Waals surface area contributed by atoms with E-state index in [9.17, 15) is 14.6 Å². The molecular formula is C26H52NO6P. The van der Waals surface area contributed by atoms with Crippen LogP contribution in [0.3, 0.4) is 0 Å². The molecule has 0 bridgehead atoms. The summed E-state index contributed by atoms with van der Waals surface area (Å²) in [6.07, 6.45) is 22.4. The molecule has 8 heteroatoms. The Balaban J connectivity index is 3.47. The summed E-state index contributed by atoms with van der Waals surface area (Å²) in [5.41, 5.74) is 0. The summed E-state index contributed by atoms with van der Waals surface area (Å²) in [4.78, 5) is 11.7. The molecule has 0 spiro atoms. The van der Waals surface area contributed by atoms with Gasteiger partial charge in [-0.25, -0.2) is 0 Å². The number of rotatable bonds is 24. The van der Waals surface area contributed by atoms with Crippen LogP contribution in [-0.2, 0) is 18.3 Å². The van der Waals surface area contributed by atoms with Crippen LogP contribution in [0.15, 0.2) is 24.3 Å². The number of hydrogen-bond acceptors (Lipinski definition) is 6. The number of unbranched alkanes of at least 4 members (excludes halogenated alkanes) is 9. The van der Waals surface area contributed by atoms with Gasteiger partial charge in [0, 0.05) is 6.61 Å². The number of allylic oxidation sites excluding steroid dienone is 4. The van der Waals surface area contributed by atoms with Gasteiger partial charge in [-0.2, -0.15) is 0 Å². The van der Waals surface area contributed by atoms with Crippen LogP contribution in [0.5, 0.6) is 0 Å². The lowest BCUT2D eigenvalue weighted by Gasteiger charge is -2.27. The van der Waals surface area contributed by atoms with Gasteiger partial charge in [-0.1, -0.05) is 69.8 Å². The molecule has 0 aromatic carbocycles. The highest BCUT2D eigenvalue weighted by Gasteiger charge is 2.15. The Hall–Kier alpha value is -0.530. The van der Waals surface area contributed by atoms with Crippen molar-refractivity contribution in [2.75, 3.05) is 54.1 Å².